The Labute approximate surface area is 154 Å². The lowest BCUT2D eigenvalue weighted by Crippen LogP contribution is -2.10. The molecule has 0 amide bonds. The number of anilines is 1. The largest absolute Gasteiger partial charge is 0.494 e. The summed E-state index contributed by atoms with van der Waals surface area (Å²) in [5.74, 6) is -0.236. The van der Waals surface area contributed by atoms with Gasteiger partial charge in [0.1, 0.15) is 23.1 Å². The van der Waals surface area contributed by atoms with Crippen molar-refractivity contribution in [3.63, 3.8) is 0 Å². The normalized spacial score (nSPS) is 13.9. The molecule has 0 saturated heterocycles. The second kappa shape index (κ2) is 6.64. The molecule has 27 heavy (non-hydrogen) atoms. The summed E-state index contributed by atoms with van der Waals surface area (Å²) in [6.45, 7) is 4.01. The van der Waals surface area contributed by atoms with Gasteiger partial charge in [0.05, 0.1) is 13.2 Å². The van der Waals surface area contributed by atoms with Gasteiger partial charge in [-0.2, -0.15) is 10.1 Å². The Bertz CT molecular complexity index is 969. The molecule has 1 aliphatic rings. The van der Waals surface area contributed by atoms with Crippen molar-refractivity contribution in [1.29, 1.82) is 0 Å². The van der Waals surface area contributed by atoms with Crippen molar-refractivity contribution in [2.45, 2.75) is 39.2 Å². The number of benzene rings is 1. The smallest absolute Gasteiger partial charge is 0.239 e. The van der Waals surface area contributed by atoms with Gasteiger partial charge >= 0.3 is 0 Å². The van der Waals surface area contributed by atoms with Crippen LogP contribution >= 0.6 is 0 Å². The quantitative estimate of drug-likeness (QED) is 0.691. The third-order valence-corrected chi connectivity index (χ3v) is 4.66. The predicted octanol–water partition coefficient (Wildman–Crippen LogP) is 3.16. The molecule has 1 saturated carbocycles. The molecule has 0 unspecified atom stereocenters. The molecule has 7 nitrogen and oxygen atoms in total. The maximum atomic E-state index is 14.5. The number of nitrogen functional groups attached to an aromatic ring is 1. The van der Waals surface area contributed by atoms with E-state index in [4.69, 9.17) is 10.5 Å². The van der Waals surface area contributed by atoms with E-state index >= 15 is 0 Å². The number of nitrogens with two attached hydrogens (primary N) is 1. The molecule has 0 bridgehead atoms. The lowest BCUT2D eigenvalue weighted by Gasteiger charge is -2.11. The van der Waals surface area contributed by atoms with Gasteiger partial charge in [0, 0.05) is 34.9 Å². The molecule has 2 heterocycles. The molecular formula is C18H20F2N6O. The average molecular weight is 374 g/mol. The van der Waals surface area contributed by atoms with Gasteiger partial charge < -0.3 is 10.5 Å². The summed E-state index contributed by atoms with van der Waals surface area (Å²) in [7, 11) is 0. The molecule has 1 fully saturated rings. The standard InChI is InChI=1S/C18H20F2N6O/c1-3-27-11-6-13(19)12(14(20)7-11)8-26-16(10-4-5-10)9(2)15(25-26)17-22-18(21)24-23-17/h6-7,10H,3-5,8H2,1-2H3,(H3,21,22,23,24). The number of hydrogen-bond acceptors (Lipinski definition) is 5. The second-order valence-electron chi connectivity index (χ2n) is 6.63. The van der Waals surface area contributed by atoms with Crippen molar-refractivity contribution in [2.75, 3.05) is 12.3 Å². The zero-order chi connectivity index (χ0) is 19.1. The minimum absolute atomic E-state index is 0.0135. The van der Waals surface area contributed by atoms with Crippen LogP contribution in [0.2, 0.25) is 0 Å². The zero-order valence-corrected chi connectivity index (χ0v) is 15.1. The first-order chi connectivity index (χ1) is 13.0. The first-order valence-electron chi connectivity index (χ1n) is 8.84. The molecule has 1 aliphatic carbocycles. The Balaban J connectivity index is 1.74. The Kier molecular flexibility index (Phi) is 4.29. The van der Waals surface area contributed by atoms with E-state index in [1.54, 1.807) is 11.6 Å². The fraction of sp³-hybridized carbons (Fsp3) is 0.389. The zero-order valence-electron chi connectivity index (χ0n) is 15.1. The summed E-state index contributed by atoms with van der Waals surface area (Å²) in [5, 5.41) is 11.1. The Morgan fingerprint density at radius 2 is 2.00 bits per heavy atom. The number of aromatic amines is 1. The van der Waals surface area contributed by atoms with Crippen molar-refractivity contribution in [3.8, 4) is 17.3 Å². The van der Waals surface area contributed by atoms with Crippen LogP contribution in [0.25, 0.3) is 11.5 Å². The van der Waals surface area contributed by atoms with E-state index in [0.717, 1.165) is 24.1 Å². The maximum Gasteiger partial charge on any atom is 0.239 e. The Morgan fingerprint density at radius 1 is 1.30 bits per heavy atom. The molecule has 4 rings (SSSR count). The van der Waals surface area contributed by atoms with E-state index in [2.05, 4.69) is 20.3 Å². The van der Waals surface area contributed by atoms with Crippen LogP contribution < -0.4 is 10.5 Å². The molecule has 142 valence electrons. The summed E-state index contributed by atoms with van der Waals surface area (Å²) < 4.78 is 35.8. The summed E-state index contributed by atoms with van der Waals surface area (Å²) in [6.07, 6.45) is 2.05. The van der Waals surface area contributed by atoms with E-state index in [9.17, 15) is 8.78 Å². The monoisotopic (exact) mass is 374 g/mol. The SMILES string of the molecule is CCOc1cc(F)c(Cn2nc(-c3nc(N)n[nH]3)c(C)c2C2CC2)c(F)c1. The molecule has 0 atom stereocenters. The third kappa shape index (κ3) is 3.24. The van der Waals surface area contributed by atoms with Crippen LogP contribution in [0.1, 0.15) is 42.5 Å². The van der Waals surface area contributed by atoms with Crippen LogP contribution in [-0.4, -0.2) is 31.6 Å². The highest BCUT2D eigenvalue weighted by atomic mass is 19.1. The highest BCUT2D eigenvalue weighted by molar-refractivity contribution is 5.57. The predicted molar refractivity (Wildman–Crippen MR) is 95.4 cm³/mol. The van der Waals surface area contributed by atoms with Crippen molar-refractivity contribution in [3.05, 3.63) is 40.6 Å². The van der Waals surface area contributed by atoms with Gasteiger partial charge in [-0.15, -0.1) is 5.10 Å². The van der Waals surface area contributed by atoms with E-state index in [-0.39, 0.29) is 23.8 Å². The fourth-order valence-electron chi connectivity index (χ4n) is 3.29. The molecule has 1 aromatic carbocycles. The van der Waals surface area contributed by atoms with Crippen LogP contribution in [0, 0.1) is 18.6 Å². The molecule has 9 heteroatoms. The number of hydrogen-bond donors (Lipinski definition) is 2. The number of H-pyrrole nitrogens is 1. The first-order valence-corrected chi connectivity index (χ1v) is 8.84. The van der Waals surface area contributed by atoms with Gasteiger partial charge in [0.2, 0.25) is 5.95 Å². The Hall–Kier alpha value is -2.97. The van der Waals surface area contributed by atoms with Crippen LogP contribution in [0.3, 0.4) is 0 Å². The van der Waals surface area contributed by atoms with E-state index < -0.39 is 11.6 Å². The van der Waals surface area contributed by atoms with Gasteiger partial charge in [-0.1, -0.05) is 0 Å². The first kappa shape index (κ1) is 17.4. The number of nitrogens with zero attached hydrogens (tertiary/aromatic N) is 4. The number of aromatic nitrogens is 5. The molecular weight excluding hydrogens is 354 g/mol. The molecule has 0 aliphatic heterocycles. The van der Waals surface area contributed by atoms with E-state index in [1.807, 2.05) is 6.92 Å². The number of nitrogens with one attached hydrogen (secondary N) is 1. The van der Waals surface area contributed by atoms with Gasteiger partial charge in [-0.25, -0.2) is 8.78 Å². The van der Waals surface area contributed by atoms with Crippen LogP contribution in [0.4, 0.5) is 14.7 Å². The van der Waals surface area contributed by atoms with Crippen molar-refractivity contribution in [2.24, 2.45) is 0 Å². The second-order valence-corrected chi connectivity index (χ2v) is 6.63. The maximum absolute atomic E-state index is 14.5. The fourth-order valence-corrected chi connectivity index (χ4v) is 3.29. The van der Waals surface area contributed by atoms with Gasteiger partial charge in [-0.05, 0) is 26.7 Å². The van der Waals surface area contributed by atoms with Gasteiger partial charge in [-0.3, -0.25) is 9.78 Å². The van der Waals surface area contributed by atoms with Crippen LogP contribution in [0.5, 0.6) is 5.75 Å². The highest BCUT2D eigenvalue weighted by Gasteiger charge is 2.32. The molecule has 2 aromatic heterocycles. The van der Waals surface area contributed by atoms with Crippen LogP contribution in [0.15, 0.2) is 12.1 Å². The Morgan fingerprint density at radius 3 is 2.56 bits per heavy atom. The van der Waals surface area contributed by atoms with Crippen molar-refractivity contribution >= 4 is 5.95 Å². The summed E-state index contributed by atoms with van der Waals surface area (Å²) in [4.78, 5) is 4.12. The van der Waals surface area contributed by atoms with Gasteiger partial charge in [0.25, 0.3) is 0 Å². The summed E-state index contributed by atoms with van der Waals surface area (Å²) >= 11 is 0. The lowest BCUT2D eigenvalue weighted by atomic mass is 10.1. The lowest BCUT2D eigenvalue weighted by molar-refractivity contribution is 0.335. The van der Waals surface area contributed by atoms with E-state index in [1.165, 1.54) is 12.1 Å². The minimum Gasteiger partial charge on any atom is -0.494 e. The summed E-state index contributed by atoms with van der Waals surface area (Å²) in [6, 6.07) is 2.40. The number of ether oxygens (including phenoxy) is 1. The van der Waals surface area contributed by atoms with Crippen molar-refractivity contribution < 1.29 is 13.5 Å². The third-order valence-electron chi connectivity index (χ3n) is 4.66. The topological polar surface area (TPSA) is 94.6 Å². The van der Waals surface area contributed by atoms with Crippen molar-refractivity contribution in [1.82, 2.24) is 25.0 Å². The molecule has 3 N–H and O–H groups in total. The number of rotatable bonds is 6. The molecule has 0 radical (unpaired) electrons. The molecule has 3 aromatic rings. The number of halogens is 2. The minimum atomic E-state index is -0.654. The molecule has 0 spiro atoms. The highest BCUT2D eigenvalue weighted by Crippen LogP contribution is 2.43. The summed E-state index contributed by atoms with van der Waals surface area (Å²) in [5.41, 5.74) is 8.01. The van der Waals surface area contributed by atoms with Gasteiger partial charge in [0.15, 0.2) is 5.82 Å². The van der Waals surface area contributed by atoms with E-state index in [0.29, 0.717) is 24.0 Å². The van der Waals surface area contributed by atoms with Crippen LogP contribution in [-0.2, 0) is 6.54 Å². The average Bonchev–Trinajstić information content (AvgIpc) is 3.27.